The Morgan fingerprint density at radius 3 is 2.40 bits per heavy atom. The number of hydrogen-bond acceptors (Lipinski definition) is 8. The molecule has 1 unspecified atom stereocenters. The van der Waals surface area contributed by atoms with Crippen LogP contribution in [0.1, 0.15) is 12.5 Å². The van der Waals surface area contributed by atoms with Crippen molar-refractivity contribution in [3.63, 3.8) is 0 Å². The Hall–Kier alpha value is -3.08. The molecule has 4 N–H and O–H groups in total. The lowest BCUT2D eigenvalue weighted by Gasteiger charge is -2.19. The number of thiol groups is 1. The third kappa shape index (κ3) is 7.71. The molecule has 1 amide bonds. The fourth-order valence-electron chi connectivity index (χ4n) is 3.15. The van der Waals surface area contributed by atoms with Gasteiger partial charge in [-0.25, -0.2) is 13.4 Å². The molecule has 2 aromatic carbocycles. The summed E-state index contributed by atoms with van der Waals surface area (Å²) in [5, 5.41) is 6.03. The molecule has 0 aliphatic heterocycles. The van der Waals surface area contributed by atoms with E-state index in [-0.39, 0.29) is 29.3 Å². The molecule has 0 fully saturated rings. The largest absolute Gasteiger partial charge is 0.463 e. The second kappa shape index (κ2) is 12.1. The summed E-state index contributed by atoms with van der Waals surface area (Å²) in [5.74, 6) is 0.475. The number of amides is 1. The summed E-state index contributed by atoms with van der Waals surface area (Å²) in [7, 11) is -3.27. The first-order chi connectivity index (χ1) is 16.7. The lowest BCUT2D eigenvalue weighted by atomic mass is 10.1. The zero-order valence-electron chi connectivity index (χ0n) is 19.6. The van der Waals surface area contributed by atoms with Gasteiger partial charge in [0.15, 0.2) is 15.9 Å². The van der Waals surface area contributed by atoms with E-state index in [9.17, 15) is 13.2 Å². The zero-order chi connectivity index (χ0) is 25.4. The van der Waals surface area contributed by atoms with Gasteiger partial charge in [-0.1, -0.05) is 42.5 Å². The smallest absolute Gasteiger partial charge is 0.261 e. The van der Waals surface area contributed by atoms with Crippen molar-refractivity contribution in [2.75, 3.05) is 23.9 Å². The Morgan fingerprint density at radius 1 is 1.09 bits per heavy atom. The van der Waals surface area contributed by atoms with Crippen LogP contribution in [0.4, 0.5) is 5.69 Å². The number of carbonyl (C=O) groups is 1. The maximum Gasteiger partial charge on any atom is 0.261 e. The molecule has 0 bridgehead atoms. The molecule has 1 heterocycles. The topological polar surface area (TPSA) is 123 Å². The molecule has 0 aliphatic rings. The average Bonchev–Trinajstić information content (AvgIpc) is 2.86. The molecule has 0 aliphatic carbocycles. The Kier molecular flexibility index (Phi) is 9.13. The first kappa shape index (κ1) is 26.5. The number of anilines is 1. The highest BCUT2D eigenvalue weighted by atomic mass is 32.2. The van der Waals surface area contributed by atoms with Crippen molar-refractivity contribution < 1.29 is 17.9 Å². The second-order valence-electron chi connectivity index (χ2n) is 8.13. The molecule has 0 spiro atoms. The number of carbonyl (C=O) groups excluding carboxylic acids is 1. The molecule has 1 aromatic heterocycles. The van der Waals surface area contributed by atoms with E-state index < -0.39 is 15.9 Å². The molecule has 0 radical (unpaired) electrons. The van der Waals surface area contributed by atoms with E-state index in [1.54, 1.807) is 19.1 Å². The lowest BCUT2D eigenvalue weighted by molar-refractivity contribution is -0.127. The quantitative estimate of drug-likeness (QED) is 0.290. The standard InChI is InChI=1S/C25H30N4O4S2/c1-17(24(30)28-14-18-8-10-21(11-9-18)35(2,31)32)33-25-23(27-15-20(26)16-34)13-12-22(29-25)19-6-4-3-5-7-19/h3-13,17,20,27,34H,14-16,26H2,1-2H3,(H,28,30)/t17-,20?/m1/s1. The summed E-state index contributed by atoms with van der Waals surface area (Å²) in [6.07, 6.45) is 0.321. The van der Waals surface area contributed by atoms with Crippen molar-refractivity contribution in [2.45, 2.75) is 30.5 Å². The van der Waals surface area contributed by atoms with Crippen LogP contribution in [-0.4, -0.2) is 50.0 Å². The van der Waals surface area contributed by atoms with Gasteiger partial charge in [-0.05, 0) is 36.8 Å². The zero-order valence-corrected chi connectivity index (χ0v) is 21.4. The highest BCUT2D eigenvalue weighted by Gasteiger charge is 2.19. The van der Waals surface area contributed by atoms with Crippen LogP contribution in [0.5, 0.6) is 5.88 Å². The van der Waals surface area contributed by atoms with Crippen molar-refractivity contribution in [1.29, 1.82) is 0 Å². The second-order valence-corrected chi connectivity index (χ2v) is 10.5. The Bertz CT molecular complexity index is 1240. The lowest BCUT2D eigenvalue weighted by Crippen LogP contribution is -2.36. The van der Waals surface area contributed by atoms with E-state index in [1.807, 2.05) is 42.5 Å². The van der Waals surface area contributed by atoms with E-state index in [4.69, 9.17) is 10.5 Å². The monoisotopic (exact) mass is 514 g/mol. The molecular formula is C25H30N4O4S2. The number of benzene rings is 2. The first-order valence-electron chi connectivity index (χ1n) is 11.1. The van der Waals surface area contributed by atoms with Crippen molar-refractivity contribution >= 4 is 34.1 Å². The van der Waals surface area contributed by atoms with Crippen molar-refractivity contribution in [3.8, 4) is 17.1 Å². The predicted octanol–water partition coefficient (Wildman–Crippen LogP) is 2.90. The molecule has 8 nitrogen and oxygen atoms in total. The molecule has 3 rings (SSSR count). The summed E-state index contributed by atoms with van der Waals surface area (Å²) < 4.78 is 29.2. The molecule has 186 valence electrons. The summed E-state index contributed by atoms with van der Waals surface area (Å²) in [4.78, 5) is 17.6. The fraction of sp³-hybridized carbons (Fsp3) is 0.280. The van der Waals surface area contributed by atoms with Gasteiger partial charge >= 0.3 is 0 Å². The van der Waals surface area contributed by atoms with Gasteiger partial charge in [0.05, 0.1) is 16.3 Å². The van der Waals surface area contributed by atoms with Crippen LogP contribution in [0, 0.1) is 0 Å². The maximum atomic E-state index is 12.7. The normalized spacial score (nSPS) is 13.0. The van der Waals surface area contributed by atoms with Crippen molar-refractivity contribution in [3.05, 3.63) is 72.3 Å². The number of rotatable bonds is 11. The SMILES string of the molecule is C[C@@H](Oc1nc(-c2ccccc2)ccc1NCC(N)CS)C(=O)NCc1ccc(S(C)(=O)=O)cc1. The van der Waals surface area contributed by atoms with Gasteiger partial charge in [0.2, 0.25) is 5.88 Å². The van der Waals surface area contributed by atoms with Gasteiger partial charge < -0.3 is 21.1 Å². The number of aromatic nitrogens is 1. The number of nitrogens with one attached hydrogen (secondary N) is 2. The number of nitrogens with zero attached hydrogens (tertiary/aromatic N) is 1. The average molecular weight is 515 g/mol. The summed E-state index contributed by atoms with van der Waals surface area (Å²) in [6.45, 7) is 2.34. The van der Waals surface area contributed by atoms with Crippen LogP contribution in [0.3, 0.4) is 0 Å². The van der Waals surface area contributed by atoms with Crippen molar-refractivity contribution in [2.24, 2.45) is 5.73 Å². The maximum absolute atomic E-state index is 12.7. The molecule has 2 atom stereocenters. The van der Waals surface area contributed by atoms with E-state index in [0.29, 0.717) is 23.7 Å². The molecule has 35 heavy (non-hydrogen) atoms. The number of ether oxygens (including phenoxy) is 1. The van der Waals surface area contributed by atoms with Gasteiger partial charge in [0.25, 0.3) is 5.91 Å². The van der Waals surface area contributed by atoms with E-state index in [1.165, 1.54) is 12.1 Å². The van der Waals surface area contributed by atoms with Gasteiger partial charge in [0, 0.05) is 36.7 Å². The third-order valence-corrected chi connectivity index (χ3v) is 6.79. The number of nitrogens with two attached hydrogens (primary N) is 1. The van der Waals surface area contributed by atoms with Crippen LogP contribution in [0.25, 0.3) is 11.3 Å². The minimum Gasteiger partial charge on any atom is -0.463 e. The molecule has 3 aromatic rings. The highest BCUT2D eigenvalue weighted by Crippen LogP contribution is 2.28. The minimum atomic E-state index is -3.27. The van der Waals surface area contributed by atoms with Gasteiger partial charge in [-0.2, -0.15) is 12.6 Å². The number of hydrogen-bond donors (Lipinski definition) is 4. The summed E-state index contributed by atoms with van der Waals surface area (Å²) in [5.41, 5.74) is 9.00. The molecule has 0 saturated carbocycles. The minimum absolute atomic E-state index is 0.158. The van der Waals surface area contributed by atoms with E-state index >= 15 is 0 Å². The predicted molar refractivity (Wildman–Crippen MR) is 141 cm³/mol. The van der Waals surface area contributed by atoms with Crippen LogP contribution >= 0.6 is 12.6 Å². The van der Waals surface area contributed by atoms with E-state index in [0.717, 1.165) is 17.4 Å². The Labute approximate surface area is 211 Å². The van der Waals surface area contributed by atoms with E-state index in [2.05, 4.69) is 28.2 Å². The van der Waals surface area contributed by atoms with Crippen LogP contribution < -0.4 is 21.1 Å². The summed E-state index contributed by atoms with van der Waals surface area (Å²) in [6, 6.07) is 19.6. The van der Waals surface area contributed by atoms with Gasteiger partial charge in [-0.3, -0.25) is 4.79 Å². The molecule has 0 saturated heterocycles. The first-order valence-corrected chi connectivity index (χ1v) is 13.6. The van der Waals surface area contributed by atoms with Crippen LogP contribution in [0.2, 0.25) is 0 Å². The van der Waals surface area contributed by atoms with Crippen LogP contribution in [0.15, 0.2) is 71.6 Å². The Morgan fingerprint density at radius 2 is 1.77 bits per heavy atom. The third-order valence-electron chi connectivity index (χ3n) is 5.19. The molecule has 10 heteroatoms. The fourth-order valence-corrected chi connectivity index (χ4v) is 3.91. The van der Waals surface area contributed by atoms with Crippen LogP contribution in [-0.2, 0) is 21.2 Å². The van der Waals surface area contributed by atoms with Gasteiger partial charge in [-0.15, -0.1) is 0 Å². The highest BCUT2D eigenvalue weighted by molar-refractivity contribution is 7.90. The number of pyridine rings is 1. The van der Waals surface area contributed by atoms with Gasteiger partial charge in [0.1, 0.15) is 0 Å². The summed E-state index contributed by atoms with van der Waals surface area (Å²) >= 11 is 4.21. The Balaban J connectivity index is 1.71. The molecular weight excluding hydrogens is 484 g/mol. The number of sulfone groups is 1. The van der Waals surface area contributed by atoms with Crippen molar-refractivity contribution in [1.82, 2.24) is 10.3 Å².